The molecule has 17 heteroatoms. The first-order valence-electron chi connectivity index (χ1n) is 17.2. The summed E-state index contributed by atoms with van der Waals surface area (Å²) in [5.74, 6) is 3.44. The van der Waals surface area contributed by atoms with Crippen LogP contribution in [0, 0.1) is 0 Å². The molecule has 0 saturated carbocycles. The molecule has 0 aromatic heterocycles. The van der Waals surface area contributed by atoms with E-state index in [-0.39, 0.29) is 43.7 Å². The van der Waals surface area contributed by atoms with Crippen molar-refractivity contribution in [2.75, 3.05) is 33.9 Å². The number of amides is 5. The molecule has 2 saturated heterocycles. The van der Waals surface area contributed by atoms with Crippen LogP contribution < -0.4 is 32.3 Å². The van der Waals surface area contributed by atoms with Crippen molar-refractivity contribution in [2.24, 2.45) is 11.6 Å². The minimum Gasteiger partial charge on any atom is -0.504 e. The smallest absolute Gasteiger partial charge is 0.289 e. The summed E-state index contributed by atoms with van der Waals surface area (Å²) in [6.07, 6.45) is 4.79. The molecule has 0 aliphatic carbocycles. The van der Waals surface area contributed by atoms with E-state index in [4.69, 9.17) is 15.7 Å². The number of phenolic OH excluding ortho intramolecular Hbond substituents is 1. The number of Topliss-reactive ketones (excluding diaryl/α,β-unsaturated/α-hetero) is 1. The third kappa shape index (κ3) is 11.7. The van der Waals surface area contributed by atoms with E-state index in [0.29, 0.717) is 56.8 Å². The minimum atomic E-state index is -0.894. The number of hydrogen-bond donors (Lipinski definition) is 7. The molecule has 2 aromatic carbocycles. The van der Waals surface area contributed by atoms with Gasteiger partial charge >= 0.3 is 0 Å². The monoisotopic (exact) mass is 738 g/mol. The van der Waals surface area contributed by atoms with Crippen LogP contribution >= 0.6 is 0 Å². The number of phenols is 1. The van der Waals surface area contributed by atoms with Gasteiger partial charge in [-0.25, -0.2) is 5.84 Å². The van der Waals surface area contributed by atoms with Gasteiger partial charge in [0.25, 0.3) is 5.91 Å². The van der Waals surface area contributed by atoms with Gasteiger partial charge in [-0.15, -0.1) is 0 Å². The molecule has 0 radical (unpaired) electrons. The number of aliphatic hydroxyl groups is 1. The normalized spacial score (nSPS) is 17.1. The highest BCUT2D eigenvalue weighted by Crippen LogP contribution is 2.27. The maximum atomic E-state index is 12.6. The molecule has 3 aliphatic heterocycles. The number of hydrogen-bond acceptors (Lipinski definition) is 12. The first-order chi connectivity index (χ1) is 25.4. The summed E-state index contributed by atoms with van der Waals surface area (Å²) in [6.45, 7) is 3.46. The highest BCUT2D eigenvalue weighted by molar-refractivity contribution is 6.38. The highest BCUT2D eigenvalue weighted by Gasteiger charge is 2.37. The molecular weight excluding hydrogens is 688 g/mol. The van der Waals surface area contributed by atoms with Gasteiger partial charge in [0.05, 0.1) is 26.8 Å². The molecule has 5 amide bonds. The Hall–Kier alpha value is -5.52. The van der Waals surface area contributed by atoms with Crippen LogP contribution in [-0.4, -0.2) is 106 Å². The summed E-state index contributed by atoms with van der Waals surface area (Å²) in [6, 6.07) is 9.11. The molecule has 2 atom stereocenters. The van der Waals surface area contributed by atoms with Gasteiger partial charge in [0, 0.05) is 45.7 Å². The second kappa shape index (κ2) is 20.5. The lowest BCUT2D eigenvalue weighted by molar-refractivity contribution is -0.144. The zero-order valence-electron chi connectivity index (χ0n) is 30.3. The molecule has 53 heavy (non-hydrogen) atoms. The number of fused-ring (bicyclic) bond motifs is 1. The fourth-order valence-electron chi connectivity index (χ4n) is 6.10. The lowest BCUT2D eigenvalue weighted by Gasteiger charge is -2.23. The van der Waals surface area contributed by atoms with E-state index in [9.17, 15) is 33.9 Å². The van der Waals surface area contributed by atoms with Crippen molar-refractivity contribution in [1.29, 1.82) is 0 Å². The summed E-state index contributed by atoms with van der Waals surface area (Å²) in [5, 5.41) is 27.6. The number of nitrogens with one attached hydrogen (secondary N) is 3. The number of ether oxygens (including phenoxy) is 1. The largest absolute Gasteiger partial charge is 0.504 e. The Balaban J connectivity index is 0.000000306. The van der Waals surface area contributed by atoms with E-state index in [2.05, 4.69) is 21.7 Å². The van der Waals surface area contributed by atoms with Crippen molar-refractivity contribution >= 4 is 35.3 Å². The van der Waals surface area contributed by atoms with E-state index in [1.165, 1.54) is 41.3 Å². The van der Waals surface area contributed by atoms with Crippen LogP contribution in [0.3, 0.4) is 0 Å². The number of carbonyl (C=O) groups excluding carboxylic acids is 6. The molecule has 17 nitrogen and oxygen atoms in total. The second-order valence-corrected chi connectivity index (χ2v) is 12.3. The molecule has 2 aromatic rings. The Morgan fingerprint density at radius 3 is 2.49 bits per heavy atom. The molecular formula is C36H50N8O9. The Kier molecular flexibility index (Phi) is 16.2. The molecule has 288 valence electrons. The fourth-order valence-corrected chi connectivity index (χ4v) is 6.10. The minimum absolute atomic E-state index is 0.0198. The van der Waals surface area contributed by atoms with Crippen LogP contribution in [0.25, 0.3) is 0 Å². The van der Waals surface area contributed by atoms with Gasteiger partial charge < -0.3 is 51.4 Å². The van der Waals surface area contributed by atoms with Crippen molar-refractivity contribution in [2.45, 2.75) is 70.9 Å². The summed E-state index contributed by atoms with van der Waals surface area (Å²) in [7, 11) is 2.92. The second-order valence-electron chi connectivity index (χ2n) is 12.3. The van der Waals surface area contributed by atoms with Crippen LogP contribution in [0.2, 0.25) is 0 Å². The number of aromatic hydroxyl groups is 1. The molecule has 2 fully saturated rings. The topological polar surface area (TPSA) is 250 Å². The lowest BCUT2D eigenvalue weighted by atomic mass is 10.0. The van der Waals surface area contributed by atoms with Crippen molar-refractivity contribution in [3.05, 3.63) is 70.9 Å². The van der Waals surface area contributed by atoms with E-state index in [1.807, 2.05) is 23.1 Å². The number of nitrogens with two attached hydrogens (primary N) is 2. The Bertz CT molecular complexity index is 1670. The quantitative estimate of drug-likeness (QED) is 0.0810. The third-order valence-electron chi connectivity index (χ3n) is 8.80. The van der Waals surface area contributed by atoms with Gasteiger partial charge in [0.2, 0.25) is 29.4 Å². The maximum absolute atomic E-state index is 12.6. The number of aliphatic hydroxyl groups excluding tert-OH is 1. The van der Waals surface area contributed by atoms with Gasteiger partial charge in [-0.1, -0.05) is 24.3 Å². The van der Waals surface area contributed by atoms with E-state index >= 15 is 0 Å². The fraction of sp³-hybridized carbons (Fsp3) is 0.444. The van der Waals surface area contributed by atoms with Gasteiger partial charge in [0.15, 0.2) is 11.5 Å². The highest BCUT2D eigenvalue weighted by atomic mass is 16.5. The van der Waals surface area contributed by atoms with Gasteiger partial charge in [-0.2, -0.15) is 0 Å². The van der Waals surface area contributed by atoms with Crippen molar-refractivity contribution in [3.8, 4) is 11.5 Å². The van der Waals surface area contributed by atoms with E-state index < -0.39 is 35.6 Å². The zero-order chi connectivity index (χ0) is 39.1. The van der Waals surface area contributed by atoms with E-state index in [1.54, 1.807) is 31.3 Å². The number of benzene rings is 2. The van der Waals surface area contributed by atoms with Gasteiger partial charge in [-0.05, 0) is 66.8 Å². The average molecular weight is 739 g/mol. The van der Waals surface area contributed by atoms with E-state index in [0.717, 1.165) is 5.56 Å². The Morgan fingerprint density at radius 1 is 1.09 bits per heavy atom. The SMILES string of the molecule is CC(=O)N1Cc2cccc(CN(N)/C=C/CO)c2C1.CN.COc1ccc(CNC(=O)C(=O)C2CCCN2C(=O)CNC(=O)C2CCC(=O)N2)cc1O. The number of ketones is 1. The number of carbonyl (C=O) groups is 6. The van der Waals surface area contributed by atoms with Crippen LogP contribution in [0.15, 0.2) is 48.7 Å². The van der Waals surface area contributed by atoms with Gasteiger partial charge in [0.1, 0.15) is 12.1 Å². The Labute approximate surface area is 308 Å². The van der Waals surface area contributed by atoms with Crippen LogP contribution in [0.4, 0.5) is 0 Å². The summed E-state index contributed by atoms with van der Waals surface area (Å²) in [5.41, 5.74) is 8.56. The predicted molar refractivity (Wildman–Crippen MR) is 193 cm³/mol. The summed E-state index contributed by atoms with van der Waals surface area (Å²) >= 11 is 0. The maximum Gasteiger partial charge on any atom is 0.289 e. The molecule has 3 heterocycles. The molecule has 9 N–H and O–H groups in total. The first kappa shape index (κ1) is 41.9. The average Bonchev–Trinajstić information content (AvgIpc) is 3.93. The number of nitrogens with zero attached hydrogens (tertiary/aromatic N) is 3. The number of likely N-dealkylation sites (tertiary alicyclic amines) is 1. The van der Waals surface area contributed by atoms with Crippen LogP contribution in [-0.2, 0) is 54.9 Å². The lowest BCUT2D eigenvalue weighted by Crippen LogP contribution is -2.50. The molecule has 0 bridgehead atoms. The number of methoxy groups -OCH3 is 1. The molecule has 0 spiro atoms. The zero-order valence-corrected chi connectivity index (χ0v) is 30.3. The predicted octanol–water partition coefficient (Wildman–Crippen LogP) is -0.723. The number of hydrazine groups is 1. The van der Waals surface area contributed by atoms with Crippen LogP contribution in [0.1, 0.15) is 54.9 Å². The van der Waals surface area contributed by atoms with Crippen molar-refractivity contribution < 1.29 is 43.7 Å². The van der Waals surface area contributed by atoms with Gasteiger partial charge in [-0.3, -0.25) is 28.8 Å². The Morgan fingerprint density at radius 2 is 1.85 bits per heavy atom. The molecule has 5 rings (SSSR count). The number of rotatable bonds is 12. The third-order valence-corrected chi connectivity index (χ3v) is 8.80. The summed E-state index contributed by atoms with van der Waals surface area (Å²) in [4.78, 5) is 75.4. The van der Waals surface area contributed by atoms with Crippen LogP contribution in [0.5, 0.6) is 11.5 Å². The first-order valence-corrected chi connectivity index (χ1v) is 17.2. The standard InChI is InChI=1S/C21H26N4O7.C14H19N3O2.CH5N/c1-32-16-6-4-12(9-15(16)26)10-22-21(31)19(29)14-3-2-8-25(14)18(28)11-23-20(30)13-5-7-17(27)24-13;1-11(19)16-8-12-4-2-5-13(14(12)10-16)9-17(15)6-3-7-18;1-2/h4,6,9,13-14,26H,2-3,5,7-8,10-11H2,1H3,(H,22,31)(H,23,30)(H,24,27);2-6,18H,7-10,15H2,1H3;2H2,1H3/b;6-3+;. The molecule has 3 aliphatic rings. The van der Waals surface area contributed by atoms with Crippen molar-refractivity contribution in [3.63, 3.8) is 0 Å². The molecule has 2 unspecified atom stereocenters. The van der Waals surface area contributed by atoms with Crippen molar-refractivity contribution in [1.82, 2.24) is 30.8 Å². The summed E-state index contributed by atoms with van der Waals surface area (Å²) < 4.78 is 4.96.